The van der Waals surface area contributed by atoms with Crippen molar-refractivity contribution in [2.75, 3.05) is 13.1 Å². The summed E-state index contributed by atoms with van der Waals surface area (Å²) in [5.41, 5.74) is 0. The highest BCUT2D eigenvalue weighted by Gasteiger charge is 2.35. The molecule has 1 saturated carbocycles. The van der Waals surface area contributed by atoms with Crippen molar-refractivity contribution in [3.05, 3.63) is 23.7 Å². The van der Waals surface area contributed by atoms with Crippen LogP contribution in [-0.4, -0.2) is 43.6 Å². The van der Waals surface area contributed by atoms with E-state index in [1.807, 2.05) is 0 Å². The summed E-state index contributed by atoms with van der Waals surface area (Å²) in [7, 11) is -3.38. The minimum Gasteiger partial charge on any atom is -0.456 e. The molecule has 0 radical (unpaired) electrons. The number of furan rings is 1. The van der Waals surface area contributed by atoms with Gasteiger partial charge in [0.05, 0.1) is 5.25 Å². The van der Waals surface area contributed by atoms with Gasteiger partial charge in [-0.25, -0.2) is 13.1 Å². The first-order valence-corrected chi connectivity index (χ1v) is 9.87. The van der Waals surface area contributed by atoms with E-state index in [2.05, 4.69) is 4.72 Å². The Morgan fingerprint density at radius 2 is 1.96 bits per heavy atom. The van der Waals surface area contributed by atoms with E-state index in [1.54, 1.807) is 24.0 Å². The molecule has 6 nitrogen and oxygen atoms in total. The van der Waals surface area contributed by atoms with Gasteiger partial charge in [-0.15, -0.1) is 0 Å². The summed E-state index contributed by atoms with van der Waals surface area (Å²) in [6, 6.07) is 3.46. The molecule has 1 aliphatic carbocycles. The molecule has 1 amide bonds. The van der Waals surface area contributed by atoms with E-state index in [9.17, 15) is 13.2 Å². The van der Waals surface area contributed by atoms with E-state index in [0.717, 1.165) is 25.7 Å². The van der Waals surface area contributed by atoms with Crippen molar-refractivity contribution in [2.45, 2.75) is 56.7 Å². The number of carbonyl (C=O) groups is 1. The Bertz CT molecular complexity index is 661. The van der Waals surface area contributed by atoms with Crippen molar-refractivity contribution in [1.82, 2.24) is 9.62 Å². The van der Waals surface area contributed by atoms with Gasteiger partial charge >= 0.3 is 0 Å². The van der Waals surface area contributed by atoms with Crippen molar-refractivity contribution in [2.24, 2.45) is 0 Å². The van der Waals surface area contributed by atoms with Gasteiger partial charge in [0.25, 0.3) is 5.91 Å². The van der Waals surface area contributed by atoms with E-state index >= 15 is 0 Å². The van der Waals surface area contributed by atoms with Crippen molar-refractivity contribution >= 4 is 15.9 Å². The Morgan fingerprint density at radius 1 is 1.22 bits per heavy atom. The maximum Gasteiger partial charge on any atom is 0.289 e. The van der Waals surface area contributed by atoms with Crippen LogP contribution in [0.2, 0.25) is 0 Å². The number of hydrogen-bond donors (Lipinski definition) is 1. The van der Waals surface area contributed by atoms with Crippen LogP contribution in [0.15, 0.2) is 16.5 Å². The molecule has 0 bridgehead atoms. The standard InChI is InChI=1S/C16H24N2O4S/c1-12-8-9-15(22-12)16(19)18-10-4-7-14(11-18)23(20,21)17-13-5-2-3-6-13/h8-9,13-14,17H,2-7,10-11H2,1H3/t14-/m1/s1. The summed E-state index contributed by atoms with van der Waals surface area (Å²) in [4.78, 5) is 14.0. The van der Waals surface area contributed by atoms with E-state index in [1.165, 1.54) is 0 Å². The molecule has 0 unspecified atom stereocenters. The Balaban J connectivity index is 1.66. The van der Waals surface area contributed by atoms with Gasteiger partial charge < -0.3 is 9.32 Å². The van der Waals surface area contributed by atoms with E-state index < -0.39 is 15.3 Å². The molecular formula is C16H24N2O4S. The lowest BCUT2D eigenvalue weighted by Crippen LogP contribution is -2.49. The Morgan fingerprint density at radius 3 is 2.61 bits per heavy atom. The molecule has 0 aromatic carbocycles. The highest BCUT2D eigenvalue weighted by atomic mass is 32.2. The summed E-state index contributed by atoms with van der Waals surface area (Å²) in [6.45, 7) is 2.60. The van der Waals surface area contributed by atoms with Crippen molar-refractivity contribution in [1.29, 1.82) is 0 Å². The van der Waals surface area contributed by atoms with Crippen molar-refractivity contribution < 1.29 is 17.6 Å². The lowest BCUT2D eigenvalue weighted by molar-refractivity contribution is 0.0693. The fourth-order valence-electron chi connectivity index (χ4n) is 3.45. The molecule has 0 spiro atoms. The van der Waals surface area contributed by atoms with Crippen molar-refractivity contribution in [3.63, 3.8) is 0 Å². The van der Waals surface area contributed by atoms with Crippen LogP contribution in [0.4, 0.5) is 0 Å². The normalized spacial score (nSPS) is 23.3. The number of nitrogens with zero attached hydrogens (tertiary/aromatic N) is 1. The van der Waals surface area contributed by atoms with Crippen LogP contribution in [0.3, 0.4) is 0 Å². The van der Waals surface area contributed by atoms with Gasteiger partial charge in [-0.3, -0.25) is 4.79 Å². The molecule has 3 rings (SSSR count). The van der Waals surface area contributed by atoms with Gasteiger partial charge in [-0.2, -0.15) is 0 Å². The molecule has 1 aromatic heterocycles. The molecule has 2 aliphatic rings. The quantitative estimate of drug-likeness (QED) is 0.910. The number of hydrogen-bond acceptors (Lipinski definition) is 4. The van der Waals surface area contributed by atoms with Crippen LogP contribution in [0.1, 0.15) is 54.8 Å². The average Bonchev–Trinajstić information content (AvgIpc) is 3.18. The molecule has 1 aromatic rings. The number of rotatable bonds is 4. The maximum absolute atomic E-state index is 12.6. The first-order valence-electron chi connectivity index (χ1n) is 8.32. The molecule has 128 valence electrons. The van der Waals surface area contributed by atoms with Crippen LogP contribution in [-0.2, 0) is 10.0 Å². The third kappa shape index (κ3) is 3.77. The fourth-order valence-corrected chi connectivity index (χ4v) is 5.20. The zero-order valence-corrected chi connectivity index (χ0v) is 14.3. The predicted octanol–water partition coefficient (Wildman–Crippen LogP) is 2.05. The second-order valence-corrected chi connectivity index (χ2v) is 8.56. The van der Waals surface area contributed by atoms with Crippen LogP contribution >= 0.6 is 0 Å². The molecule has 7 heteroatoms. The third-order valence-corrected chi connectivity index (χ3v) is 6.67. The minimum absolute atomic E-state index is 0.0683. The van der Waals surface area contributed by atoms with Gasteiger partial charge in [0.15, 0.2) is 5.76 Å². The number of nitrogens with one attached hydrogen (secondary N) is 1. The monoisotopic (exact) mass is 340 g/mol. The summed E-state index contributed by atoms with van der Waals surface area (Å²) in [5.74, 6) is 0.737. The number of aryl methyl sites for hydroxylation is 1. The first-order chi connectivity index (χ1) is 11.0. The summed E-state index contributed by atoms with van der Waals surface area (Å²) < 4.78 is 33.4. The number of likely N-dealkylation sites (tertiary alicyclic amines) is 1. The van der Waals surface area contributed by atoms with Crippen LogP contribution < -0.4 is 4.72 Å². The van der Waals surface area contributed by atoms with E-state index in [4.69, 9.17) is 4.42 Å². The Kier molecular flexibility index (Phi) is 4.77. The van der Waals surface area contributed by atoms with Gasteiger partial charge in [0.2, 0.25) is 10.0 Å². The summed E-state index contributed by atoms with van der Waals surface area (Å²) in [5, 5.41) is -0.531. The maximum atomic E-state index is 12.6. The van der Waals surface area contributed by atoms with Gasteiger partial charge in [0, 0.05) is 19.1 Å². The molecule has 1 atom stereocenters. The minimum atomic E-state index is -3.38. The smallest absolute Gasteiger partial charge is 0.289 e. The highest BCUT2D eigenvalue weighted by Crippen LogP contribution is 2.23. The average molecular weight is 340 g/mol. The largest absolute Gasteiger partial charge is 0.456 e. The Labute approximate surface area is 137 Å². The number of sulfonamides is 1. The van der Waals surface area contributed by atoms with E-state index in [-0.39, 0.29) is 24.3 Å². The molecule has 1 aliphatic heterocycles. The zero-order chi connectivity index (χ0) is 16.4. The SMILES string of the molecule is Cc1ccc(C(=O)N2CCC[C@@H](S(=O)(=O)NC3CCCC3)C2)o1. The lowest BCUT2D eigenvalue weighted by Gasteiger charge is -2.32. The van der Waals surface area contributed by atoms with Crippen LogP contribution in [0.5, 0.6) is 0 Å². The summed E-state index contributed by atoms with van der Waals surface area (Å²) in [6.07, 6.45) is 5.30. The van der Waals surface area contributed by atoms with Gasteiger partial charge in [0.1, 0.15) is 5.76 Å². The third-order valence-electron chi connectivity index (χ3n) is 4.74. The number of amides is 1. The Hall–Kier alpha value is -1.34. The molecule has 2 fully saturated rings. The molecule has 2 heterocycles. The highest BCUT2D eigenvalue weighted by molar-refractivity contribution is 7.90. The fraction of sp³-hybridized carbons (Fsp3) is 0.688. The molecule has 23 heavy (non-hydrogen) atoms. The van der Waals surface area contributed by atoms with Gasteiger partial charge in [-0.05, 0) is 44.7 Å². The second kappa shape index (κ2) is 6.65. The predicted molar refractivity (Wildman–Crippen MR) is 86.7 cm³/mol. The first kappa shape index (κ1) is 16.5. The number of piperidine rings is 1. The molecule has 1 saturated heterocycles. The topological polar surface area (TPSA) is 79.6 Å². The lowest BCUT2D eigenvalue weighted by atomic mass is 10.1. The number of carbonyl (C=O) groups excluding carboxylic acids is 1. The van der Waals surface area contributed by atoms with Crippen molar-refractivity contribution in [3.8, 4) is 0 Å². The molecule has 1 N–H and O–H groups in total. The molecular weight excluding hydrogens is 316 g/mol. The van der Waals surface area contributed by atoms with Gasteiger partial charge in [-0.1, -0.05) is 12.8 Å². The zero-order valence-electron chi connectivity index (χ0n) is 13.5. The second-order valence-electron chi connectivity index (χ2n) is 6.57. The summed E-state index contributed by atoms with van der Waals surface area (Å²) >= 11 is 0. The van der Waals surface area contributed by atoms with E-state index in [0.29, 0.717) is 25.1 Å². The van der Waals surface area contributed by atoms with Crippen LogP contribution in [0.25, 0.3) is 0 Å². The van der Waals surface area contributed by atoms with Crippen LogP contribution in [0, 0.1) is 6.92 Å².